The first-order chi connectivity index (χ1) is 21.9. The fraction of sp³-hybridized carbons (Fsp3) is 0.919. The number of rotatable bonds is 33. The highest BCUT2D eigenvalue weighted by Crippen LogP contribution is 2.18. The Kier molecular flexibility index (Phi) is 31.1. The van der Waals surface area contributed by atoms with Gasteiger partial charge < -0.3 is 24.1 Å². The molecule has 3 atom stereocenters. The molecule has 0 fully saturated rings. The number of carbonyl (C=O) groups is 3. The average molecular weight is 643 g/mol. The van der Waals surface area contributed by atoms with Crippen LogP contribution in [0.15, 0.2) is 0 Å². The predicted octanol–water partition coefficient (Wildman–Crippen LogP) is 9.17. The van der Waals surface area contributed by atoms with E-state index in [2.05, 4.69) is 6.92 Å². The molecular weight excluding hydrogens is 572 g/mol. The van der Waals surface area contributed by atoms with E-state index in [4.69, 9.17) is 18.9 Å². The standard InChI is InChI=1S/C37H70O8/c1-5-9-10-11-17-22-27-33(38)34(45-37(41)8-4)28-23-18-13-15-20-25-30-42-29-24-19-14-12-16-21-26-32(44-36(40)7-3)31-43-35(39)6-2/h32-34,38H,5-31H2,1-4H3. The van der Waals surface area contributed by atoms with E-state index in [1.807, 2.05) is 0 Å². The Bertz CT molecular complexity index is 698. The van der Waals surface area contributed by atoms with Crippen LogP contribution >= 0.6 is 0 Å². The molecular formula is C37H70O8. The molecule has 0 saturated carbocycles. The first-order valence-electron chi connectivity index (χ1n) is 18.7. The number of aliphatic hydroxyl groups is 1. The minimum Gasteiger partial charge on any atom is -0.462 e. The Morgan fingerprint density at radius 2 is 0.956 bits per heavy atom. The number of aliphatic hydroxyl groups excluding tert-OH is 1. The number of carbonyl (C=O) groups excluding carboxylic acids is 3. The monoisotopic (exact) mass is 643 g/mol. The first kappa shape index (κ1) is 43.3. The van der Waals surface area contributed by atoms with E-state index < -0.39 is 6.10 Å². The molecule has 0 radical (unpaired) electrons. The van der Waals surface area contributed by atoms with Crippen molar-refractivity contribution < 1.29 is 38.4 Å². The molecule has 45 heavy (non-hydrogen) atoms. The van der Waals surface area contributed by atoms with Crippen molar-refractivity contribution in [2.75, 3.05) is 19.8 Å². The van der Waals surface area contributed by atoms with E-state index in [0.717, 1.165) is 96.7 Å². The molecule has 8 nitrogen and oxygen atoms in total. The topological polar surface area (TPSA) is 108 Å². The van der Waals surface area contributed by atoms with Gasteiger partial charge in [-0.05, 0) is 44.9 Å². The largest absolute Gasteiger partial charge is 0.462 e. The van der Waals surface area contributed by atoms with Crippen molar-refractivity contribution in [3.8, 4) is 0 Å². The maximum Gasteiger partial charge on any atom is 0.305 e. The highest BCUT2D eigenvalue weighted by Gasteiger charge is 2.22. The van der Waals surface area contributed by atoms with Crippen molar-refractivity contribution >= 4 is 17.9 Å². The molecule has 0 amide bonds. The Balaban J connectivity index is 3.76. The summed E-state index contributed by atoms with van der Waals surface area (Å²) in [6, 6.07) is 0. The summed E-state index contributed by atoms with van der Waals surface area (Å²) < 4.78 is 22.0. The molecule has 0 aromatic rings. The van der Waals surface area contributed by atoms with Gasteiger partial charge in [0, 0.05) is 32.5 Å². The lowest BCUT2D eigenvalue weighted by atomic mass is 9.99. The first-order valence-corrected chi connectivity index (χ1v) is 18.7. The Morgan fingerprint density at radius 3 is 1.49 bits per heavy atom. The summed E-state index contributed by atoms with van der Waals surface area (Å²) in [5, 5.41) is 10.7. The van der Waals surface area contributed by atoms with Gasteiger partial charge in [-0.2, -0.15) is 0 Å². The van der Waals surface area contributed by atoms with Gasteiger partial charge in [0.1, 0.15) is 18.8 Å². The second-order valence-electron chi connectivity index (χ2n) is 12.4. The van der Waals surface area contributed by atoms with Crippen LogP contribution in [0, 0.1) is 0 Å². The van der Waals surface area contributed by atoms with E-state index >= 15 is 0 Å². The highest BCUT2D eigenvalue weighted by atomic mass is 16.6. The molecule has 0 heterocycles. The lowest BCUT2D eigenvalue weighted by Gasteiger charge is -2.23. The summed E-state index contributed by atoms with van der Waals surface area (Å²) in [7, 11) is 0. The highest BCUT2D eigenvalue weighted by molar-refractivity contribution is 5.70. The smallest absolute Gasteiger partial charge is 0.305 e. The number of hydrogen-bond acceptors (Lipinski definition) is 8. The van der Waals surface area contributed by atoms with E-state index in [9.17, 15) is 19.5 Å². The van der Waals surface area contributed by atoms with Gasteiger partial charge in [0.05, 0.1) is 6.10 Å². The predicted molar refractivity (Wildman–Crippen MR) is 181 cm³/mol. The van der Waals surface area contributed by atoms with Crippen molar-refractivity contribution in [3.63, 3.8) is 0 Å². The molecule has 0 aliphatic heterocycles. The van der Waals surface area contributed by atoms with Gasteiger partial charge in [-0.1, -0.05) is 118 Å². The summed E-state index contributed by atoms with van der Waals surface area (Å²) >= 11 is 0. The van der Waals surface area contributed by atoms with Crippen molar-refractivity contribution in [2.24, 2.45) is 0 Å². The zero-order valence-electron chi connectivity index (χ0n) is 29.6. The van der Waals surface area contributed by atoms with Gasteiger partial charge in [-0.25, -0.2) is 0 Å². The van der Waals surface area contributed by atoms with Crippen LogP contribution in [0.2, 0.25) is 0 Å². The summed E-state index contributed by atoms with van der Waals surface area (Å²) in [4.78, 5) is 34.9. The third-order valence-corrected chi connectivity index (χ3v) is 8.25. The maximum atomic E-state index is 11.9. The molecule has 0 bridgehead atoms. The van der Waals surface area contributed by atoms with Crippen molar-refractivity contribution in [2.45, 2.75) is 200 Å². The molecule has 0 spiro atoms. The van der Waals surface area contributed by atoms with Crippen molar-refractivity contribution in [1.29, 1.82) is 0 Å². The number of ether oxygens (including phenoxy) is 4. The van der Waals surface area contributed by atoms with Crippen LogP contribution in [0.4, 0.5) is 0 Å². The molecule has 8 heteroatoms. The second-order valence-corrected chi connectivity index (χ2v) is 12.4. The van der Waals surface area contributed by atoms with Gasteiger partial charge in [-0.15, -0.1) is 0 Å². The van der Waals surface area contributed by atoms with Gasteiger partial charge >= 0.3 is 17.9 Å². The molecule has 1 N–H and O–H groups in total. The number of esters is 3. The van der Waals surface area contributed by atoms with E-state index in [1.54, 1.807) is 20.8 Å². The van der Waals surface area contributed by atoms with Crippen LogP contribution in [0.3, 0.4) is 0 Å². The summed E-state index contributed by atoms with van der Waals surface area (Å²) in [5.41, 5.74) is 0. The molecule has 0 saturated heterocycles. The van der Waals surface area contributed by atoms with Crippen LogP contribution in [0.25, 0.3) is 0 Å². The van der Waals surface area contributed by atoms with E-state index in [0.29, 0.717) is 25.7 Å². The third-order valence-electron chi connectivity index (χ3n) is 8.25. The normalized spacial score (nSPS) is 13.3. The number of unbranched alkanes of at least 4 members (excludes halogenated alkanes) is 15. The zero-order chi connectivity index (χ0) is 33.4. The van der Waals surface area contributed by atoms with Crippen LogP contribution in [0.5, 0.6) is 0 Å². The van der Waals surface area contributed by atoms with Crippen LogP contribution in [-0.2, 0) is 33.3 Å². The van der Waals surface area contributed by atoms with E-state index in [1.165, 1.54) is 44.9 Å². The molecule has 0 aliphatic rings. The van der Waals surface area contributed by atoms with Gasteiger partial charge in [0.25, 0.3) is 0 Å². The van der Waals surface area contributed by atoms with Crippen molar-refractivity contribution in [1.82, 2.24) is 0 Å². The maximum absolute atomic E-state index is 11.9. The quantitative estimate of drug-likeness (QED) is 0.0429. The Hall–Kier alpha value is -1.67. The molecule has 0 rings (SSSR count). The average Bonchev–Trinajstić information content (AvgIpc) is 3.05. The van der Waals surface area contributed by atoms with Gasteiger partial charge in [0.15, 0.2) is 0 Å². The van der Waals surface area contributed by atoms with Crippen LogP contribution in [-0.4, -0.2) is 61.1 Å². The SMILES string of the molecule is CCCCCCCCC(O)C(CCCCCCCCOCCCCCCCCC(COC(=O)CC)OC(=O)CC)OC(=O)CC. The molecule has 0 aliphatic carbocycles. The molecule has 3 unspecified atom stereocenters. The second kappa shape index (κ2) is 32.3. The van der Waals surface area contributed by atoms with Crippen LogP contribution in [0.1, 0.15) is 182 Å². The third kappa shape index (κ3) is 28.3. The minimum absolute atomic E-state index is 0.151. The fourth-order valence-electron chi connectivity index (χ4n) is 5.28. The van der Waals surface area contributed by atoms with Crippen LogP contribution < -0.4 is 0 Å². The fourth-order valence-corrected chi connectivity index (χ4v) is 5.28. The lowest BCUT2D eigenvalue weighted by molar-refractivity contribution is -0.159. The summed E-state index contributed by atoms with van der Waals surface area (Å²) in [6.45, 7) is 9.32. The van der Waals surface area contributed by atoms with E-state index in [-0.39, 0.29) is 36.7 Å². The lowest BCUT2D eigenvalue weighted by Crippen LogP contribution is -2.31. The number of hydrogen-bond donors (Lipinski definition) is 1. The summed E-state index contributed by atoms with van der Waals surface area (Å²) in [6.07, 6.45) is 22.3. The summed E-state index contributed by atoms with van der Waals surface area (Å²) in [5.74, 6) is -0.730. The van der Waals surface area contributed by atoms with Gasteiger partial charge in [0.2, 0.25) is 0 Å². The Morgan fingerprint density at radius 1 is 0.511 bits per heavy atom. The molecule has 266 valence electrons. The Labute approximate surface area is 276 Å². The molecule has 0 aromatic heterocycles. The molecule has 0 aromatic carbocycles. The minimum atomic E-state index is -0.551. The van der Waals surface area contributed by atoms with Crippen molar-refractivity contribution in [3.05, 3.63) is 0 Å². The van der Waals surface area contributed by atoms with Gasteiger partial charge in [-0.3, -0.25) is 14.4 Å². The zero-order valence-corrected chi connectivity index (χ0v) is 29.6.